The van der Waals surface area contributed by atoms with E-state index in [1.165, 1.54) is 0 Å². The van der Waals surface area contributed by atoms with Crippen LogP contribution in [-0.4, -0.2) is 30.2 Å². The van der Waals surface area contributed by atoms with Gasteiger partial charge >= 0.3 is 6.18 Å². The van der Waals surface area contributed by atoms with Crippen LogP contribution in [0.2, 0.25) is 5.15 Å². The zero-order valence-corrected chi connectivity index (χ0v) is 11.4. The number of alkyl halides is 3. The van der Waals surface area contributed by atoms with Crippen molar-refractivity contribution in [3.63, 3.8) is 0 Å². The fourth-order valence-electron chi connectivity index (χ4n) is 2.32. The molecule has 2 rings (SSSR count). The molecule has 0 saturated carbocycles. The molecule has 3 nitrogen and oxygen atoms in total. The number of rotatable bonds is 1. The van der Waals surface area contributed by atoms with Crippen molar-refractivity contribution in [2.45, 2.75) is 32.1 Å². The summed E-state index contributed by atoms with van der Waals surface area (Å²) in [5.74, 6) is 0.278. The molecule has 2 heterocycles. The van der Waals surface area contributed by atoms with Crippen molar-refractivity contribution in [3.8, 4) is 0 Å². The highest BCUT2D eigenvalue weighted by atomic mass is 35.5. The Kier molecular flexibility index (Phi) is 3.92. The molecule has 1 fully saturated rings. The van der Waals surface area contributed by atoms with Crippen LogP contribution < -0.4 is 10.2 Å². The van der Waals surface area contributed by atoms with E-state index in [0.717, 1.165) is 12.1 Å². The molecule has 7 heteroatoms. The van der Waals surface area contributed by atoms with Gasteiger partial charge in [0.05, 0.1) is 5.56 Å². The first-order valence-corrected chi connectivity index (χ1v) is 6.39. The van der Waals surface area contributed by atoms with Gasteiger partial charge in [0.2, 0.25) is 0 Å². The molecule has 0 radical (unpaired) electrons. The third kappa shape index (κ3) is 3.51. The highest BCUT2D eigenvalue weighted by molar-refractivity contribution is 6.29. The Balaban J connectivity index is 2.31. The Labute approximate surface area is 114 Å². The highest BCUT2D eigenvalue weighted by Crippen LogP contribution is 2.33. The van der Waals surface area contributed by atoms with E-state index in [1.54, 1.807) is 0 Å². The molecule has 106 valence electrons. The monoisotopic (exact) mass is 293 g/mol. The molecular formula is C12H15ClF3N3. The van der Waals surface area contributed by atoms with Crippen LogP contribution in [0.4, 0.5) is 19.0 Å². The van der Waals surface area contributed by atoms with Crippen LogP contribution in [0.3, 0.4) is 0 Å². The number of hydrogen-bond acceptors (Lipinski definition) is 3. The maximum Gasteiger partial charge on any atom is 0.416 e. The molecule has 1 aromatic rings. The van der Waals surface area contributed by atoms with Crippen molar-refractivity contribution in [3.05, 3.63) is 22.8 Å². The number of anilines is 1. The maximum atomic E-state index is 12.8. The summed E-state index contributed by atoms with van der Waals surface area (Å²) in [4.78, 5) is 5.83. The lowest BCUT2D eigenvalue weighted by atomic mass is 10.1. The number of hydrogen-bond donors (Lipinski definition) is 1. The second-order valence-corrected chi connectivity index (χ2v) is 5.30. The Hall–Kier alpha value is -1.01. The van der Waals surface area contributed by atoms with Gasteiger partial charge in [-0.1, -0.05) is 11.6 Å². The van der Waals surface area contributed by atoms with E-state index in [9.17, 15) is 13.2 Å². The van der Waals surface area contributed by atoms with Gasteiger partial charge in [-0.25, -0.2) is 4.98 Å². The quantitative estimate of drug-likeness (QED) is 0.807. The van der Waals surface area contributed by atoms with Gasteiger partial charge in [0.15, 0.2) is 0 Å². The first-order chi connectivity index (χ1) is 8.75. The van der Waals surface area contributed by atoms with E-state index in [4.69, 9.17) is 11.6 Å². The van der Waals surface area contributed by atoms with E-state index in [-0.39, 0.29) is 23.1 Å². The Morgan fingerprint density at radius 2 is 1.84 bits per heavy atom. The van der Waals surface area contributed by atoms with Gasteiger partial charge in [-0.15, -0.1) is 0 Å². The SMILES string of the molecule is C[C@@H]1CN(c2cc(C(F)(F)F)cc(Cl)n2)C[C@H](C)N1. The molecule has 1 N–H and O–H groups in total. The van der Waals surface area contributed by atoms with Crippen molar-refractivity contribution >= 4 is 17.4 Å². The minimum absolute atomic E-state index is 0.135. The third-order valence-corrected chi connectivity index (χ3v) is 3.18. The Bertz CT molecular complexity index is 454. The third-order valence-electron chi connectivity index (χ3n) is 2.99. The molecule has 1 saturated heterocycles. The molecule has 0 spiro atoms. The summed E-state index contributed by atoms with van der Waals surface area (Å²) in [5, 5.41) is 3.18. The summed E-state index contributed by atoms with van der Waals surface area (Å²) in [6.07, 6.45) is -4.41. The van der Waals surface area contributed by atoms with Crippen LogP contribution in [-0.2, 0) is 6.18 Å². The zero-order chi connectivity index (χ0) is 14.2. The molecule has 0 aliphatic carbocycles. The van der Waals surface area contributed by atoms with E-state index in [2.05, 4.69) is 10.3 Å². The molecule has 1 aliphatic heterocycles. The molecule has 0 unspecified atom stereocenters. The Morgan fingerprint density at radius 1 is 1.26 bits per heavy atom. The highest BCUT2D eigenvalue weighted by Gasteiger charge is 2.32. The van der Waals surface area contributed by atoms with Crippen LogP contribution >= 0.6 is 11.6 Å². The van der Waals surface area contributed by atoms with Gasteiger partial charge in [-0.05, 0) is 26.0 Å². The molecule has 1 aromatic heterocycles. The van der Waals surface area contributed by atoms with Crippen LogP contribution in [0.15, 0.2) is 12.1 Å². The minimum Gasteiger partial charge on any atom is -0.353 e. The van der Waals surface area contributed by atoms with Gasteiger partial charge in [0.1, 0.15) is 11.0 Å². The lowest BCUT2D eigenvalue weighted by Crippen LogP contribution is -2.54. The normalized spacial score (nSPS) is 24.6. The van der Waals surface area contributed by atoms with Crippen molar-refractivity contribution in [1.82, 2.24) is 10.3 Å². The smallest absolute Gasteiger partial charge is 0.353 e. The van der Waals surface area contributed by atoms with Crippen LogP contribution in [0.25, 0.3) is 0 Å². The largest absolute Gasteiger partial charge is 0.416 e. The number of nitrogens with one attached hydrogen (secondary N) is 1. The molecule has 2 atom stereocenters. The molecule has 0 amide bonds. The van der Waals surface area contributed by atoms with Gasteiger partial charge in [-0.2, -0.15) is 13.2 Å². The van der Waals surface area contributed by atoms with Gasteiger partial charge < -0.3 is 10.2 Å². The average molecular weight is 294 g/mol. The summed E-state index contributed by atoms with van der Waals surface area (Å²) >= 11 is 5.69. The maximum absolute atomic E-state index is 12.8. The van der Waals surface area contributed by atoms with E-state index < -0.39 is 11.7 Å². The molecule has 19 heavy (non-hydrogen) atoms. The summed E-state index contributed by atoms with van der Waals surface area (Å²) in [6.45, 7) is 5.18. The van der Waals surface area contributed by atoms with Crippen LogP contribution in [0.5, 0.6) is 0 Å². The molecule has 0 bridgehead atoms. The molecular weight excluding hydrogens is 279 g/mol. The van der Waals surface area contributed by atoms with E-state index in [0.29, 0.717) is 13.1 Å². The Morgan fingerprint density at radius 3 is 2.37 bits per heavy atom. The molecule has 0 aromatic carbocycles. The minimum atomic E-state index is -4.41. The second-order valence-electron chi connectivity index (χ2n) is 4.91. The van der Waals surface area contributed by atoms with Crippen molar-refractivity contribution in [2.75, 3.05) is 18.0 Å². The summed E-state index contributed by atoms with van der Waals surface area (Å²) in [5.41, 5.74) is -0.763. The van der Waals surface area contributed by atoms with Gasteiger partial charge in [0, 0.05) is 25.2 Å². The fraction of sp³-hybridized carbons (Fsp3) is 0.583. The van der Waals surface area contributed by atoms with Crippen molar-refractivity contribution in [2.24, 2.45) is 0 Å². The first-order valence-electron chi connectivity index (χ1n) is 6.01. The fourth-order valence-corrected chi connectivity index (χ4v) is 2.53. The summed E-state index contributed by atoms with van der Waals surface area (Å²) in [7, 11) is 0. The van der Waals surface area contributed by atoms with Gasteiger partial charge in [0.25, 0.3) is 0 Å². The van der Waals surface area contributed by atoms with Crippen LogP contribution in [0.1, 0.15) is 19.4 Å². The topological polar surface area (TPSA) is 28.2 Å². The van der Waals surface area contributed by atoms with Crippen molar-refractivity contribution < 1.29 is 13.2 Å². The van der Waals surface area contributed by atoms with Crippen molar-refractivity contribution in [1.29, 1.82) is 0 Å². The van der Waals surface area contributed by atoms with Crippen LogP contribution in [0, 0.1) is 0 Å². The first kappa shape index (κ1) is 14.4. The summed E-state index contributed by atoms with van der Waals surface area (Å²) in [6, 6.07) is 2.29. The second kappa shape index (κ2) is 5.17. The number of halogens is 4. The van der Waals surface area contributed by atoms with E-state index >= 15 is 0 Å². The average Bonchev–Trinajstić information content (AvgIpc) is 2.25. The number of nitrogens with zero attached hydrogens (tertiary/aromatic N) is 2. The standard InChI is InChI=1S/C12H15ClF3N3/c1-7-5-19(6-8(2)17-7)11-4-9(12(14,15)16)3-10(13)18-11/h3-4,7-8,17H,5-6H2,1-2H3/t7-,8+. The predicted octanol–water partition coefficient (Wildman–Crippen LogP) is 2.94. The summed E-state index contributed by atoms with van der Waals surface area (Å²) < 4.78 is 38.3. The lowest BCUT2D eigenvalue weighted by Gasteiger charge is -2.37. The van der Waals surface area contributed by atoms with Gasteiger partial charge in [-0.3, -0.25) is 0 Å². The number of aromatic nitrogens is 1. The predicted molar refractivity (Wildman–Crippen MR) is 68.5 cm³/mol. The molecule has 1 aliphatic rings. The lowest BCUT2D eigenvalue weighted by molar-refractivity contribution is -0.137. The zero-order valence-electron chi connectivity index (χ0n) is 10.6. The number of piperazine rings is 1. The van der Waals surface area contributed by atoms with E-state index in [1.807, 2.05) is 18.7 Å². The number of pyridine rings is 1.